The van der Waals surface area contributed by atoms with Gasteiger partial charge in [0.2, 0.25) is 5.91 Å². The quantitative estimate of drug-likeness (QED) is 0.759. The molecule has 0 saturated heterocycles. The molecule has 5 heteroatoms. The lowest BCUT2D eigenvalue weighted by Crippen LogP contribution is -2.42. The highest BCUT2D eigenvalue weighted by Gasteiger charge is 2.16. The van der Waals surface area contributed by atoms with E-state index in [0.29, 0.717) is 12.3 Å². The first-order valence-corrected chi connectivity index (χ1v) is 7.67. The second-order valence-corrected chi connectivity index (χ2v) is 6.10. The smallest absolute Gasteiger partial charge is 0.237 e. The number of nitrogens with two attached hydrogens (primary N) is 1. The maximum absolute atomic E-state index is 11.9. The summed E-state index contributed by atoms with van der Waals surface area (Å²) < 4.78 is 0. The van der Waals surface area contributed by atoms with E-state index in [2.05, 4.69) is 5.32 Å². The molecule has 0 aliphatic carbocycles. The van der Waals surface area contributed by atoms with Gasteiger partial charge in [0.15, 0.2) is 0 Å². The molecule has 4 N–H and O–H groups in total. The van der Waals surface area contributed by atoms with Crippen LogP contribution in [0.3, 0.4) is 0 Å². The van der Waals surface area contributed by atoms with Crippen molar-refractivity contribution in [3.8, 4) is 0 Å². The van der Waals surface area contributed by atoms with Gasteiger partial charge in [0.05, 0.1) is 12.1 Å². The zero-order valence-electron chi connectivity index (χ0n) is 13.5. The van der Waals surface area contributed by atoms with Crippen LogP contribution in [0.2, 0.25) is 0 Å². The second kappa shape index (κ2) is 8.87. The molecule has 0 aliphatic heterocycles. The summed E-state index contributed by atoms with van der Waals surface area (Å²) in [6.07, 6.45) is -0.0995. The van der Waals surface area contributed by atoms with E-state index in [1.165, 1.54) is 0 Å². The van der Waals surface area contributed by atoms with E-state index in [4.69, 9.17) is 5.73 Å². The van der Waals surface area contributed by atoms with E-state index in [1.54, 1.807) is 0 Å². The second-order valence-electron chi connectivity index (χ2n) is 6.10. The van der Waals surface area contributed by atoms with Crippen LogP contribution in [0.25, 0.3) is 10.8 Å². The van der Waals surface area contributed by atoms with Crippen molar-refractivity contribution >= 4 is 29.1 Å². The maximum Gasteiger partial charge on any atom is 0.237 e. The maximum atomic E-state index is 11.9. The fourth-order valence-electron chi connectivity index (χ4n) is 2.48. The first-order valence-electron chi connectivity index (χ1n) is 7.67. The molecule has 0 aliphatic rings. The number of fused-ring (bicyclic) bond motifs is 1. The van der Waals surface area contributed by atoms with Gasteiger partial charge >= 0.3 is 0 Å². The lowest BCUT2D eigenvalue weighted by atomic mass is 10.0. The first kappa shape index (κ1) is 19.4. The molecule has 1 unspecified atom stereocenters. The zero-order valence-corrected chi connectivity index (χ0v) is 14.3. The number of aliphatic hydroxyl groups is 1. The van der Waals surface area contributed by atoms with Crippen molar-refractivity contribution in [1.29, 1.82) is 0 Å². The fraction of sp³-hybridized carbons (Fsp3) is 0.389. The monoisotopic (exact) mass is 336 g/mol. The van der Waals surface area contributed by atoms with E-state index in [-0.39, 0.29) is 24.9 Å². The molecule has 2 rings (SSSR count). The summed E-state index contributed by atoms with van der Waals surface area (Å²) in [5, 5.41) is 15.2. The Balaban J connectivity index is 0.00000264. The third-order valence-corrected chi connectivity index (χ3v) is 3.69. The van der Waals surface area contributed by atoms with E-state index < -0.39 is 12.1 Å². The van der Waals surface area contributed by atoms with Crippen molar-refractivity contribution in [2.24, 2.45) is 11.7 Å². The molecule has 0 heterocycles. The van der Waals surface area contributed by atoms with Crippen LogP contribution >= 0.6 is 12.4 Å². The lowest BCUT2D eigenvalue weighted by Gasteiger charge is -2.17. The molecule has 23 heavy (non-hydrogen) atoms. The van der Waals surface area contributed by atoms with Crippen LogP contribution in [0.5, 0.6) is 0 Å². The van der Waals surface area contributed by atoms with Crippen LogP contribution in [-0.2, 0) is 4.79 Å². The molecule has 0 fully saturated rings. The minimum Gasteiger partial charge on any atom is -0.387 e. The third-order valence-electron chi connectivity index (χ3n) is 3.69. The van der Waals surface area contributed by atoms with E-state index in [1.807, 2.05) is 56.3 Å². The van der Waals surface area contributed by atoms with Gasteiger partial charge in [-0.2, -0.15) is 0 Å². The Bertz CT molecular complexity index is 646. The molecular weight excluding hydrogens is 312 g/mol. The molecule has 0 saturated carbocycles. The SMILES string of the molecule is CC(C)C[C@H](N)C(=O)NCC(O)c1ccc2ccccc2c1.Cl. The Labute approximate surface area is 143 Å². The first-order chi connectivity index (χ1) is 10.5. The molecule has 2 atom stereocenters. The largest absolute Gasteiger partial charge is 0.387 e. The highest BCUT2D eigenvalue weighted by molar-refractivity contribution is 5.85. The molecular formula is C18H25ClN2O2. The number of halogens is 1. The highest BCUT2D eigenvalue weighted by atomic mass is 35.5. The van der Waals surface area contributed by atoms with Crippen molar-refractivity contribution in [3.63, 3.8) is 0 Å². The molecule has 1 amide bonds. The van der Waals surface area contributed by atoms with Crippen LogP contribution in [0.1, 0.15) is 31.9 Å². The van der Waals surface area contributed by atoms with E-state index in [9.17, 15) is 9.90 Å². The van der Waals surface area contributed by atoms with Gasteiger partial charge in [-0.3, -0.25) is 4.79 Å². The Morgan fingerprint density at radius 1 is 1.17 bits per heavy atom. The third kappa shape index (κ3) is 5.50. The number of hydrogen-bond donors (Lipinski definition) is 3. The van der Waals surface area contributed by atoms with Crippen LogP contribution in [-0.4, -0.2) is 23.6 Å². The number of hydrogen-bond acceptors (Lipinski definition) is 3. The summed E-state index contributed by atoms with van der Waals surface area (Å²) in [7, 11) is 0. The predicted molar refractivity (Wildman–Crippen MR) is 96.6 cm³/mol. The molecule has 0 spiro atoms. The number of nitrogens with one attached hydrogen (secondary N) is 1. The average Bonchev–Trinajstić information content (AvgIpc) is 2.51. The number of amides is 1. The molecule has 2 aromatic carbocycles. The molecule has 2 aromatic rings. The summed E-state index contributed by atoms with van der Waals surface area (Å²) in [4.78, 5) is 11.9. The average molecular weight is 337 g/mol. The number of benzene rings is 2. The van der Waals surface area contributed by atoms with Crippen LogP contribution in [0, 0.1) is 5.92 Å². The van der Waals surface area contributed by atoms with Crippen LogP contribution in [0.15, 0.2) is 42.5 Å². The predicted octanol–water partition coefficient (Wildman–Crippen LogP) is 2.78. The summed E-state index contributed by atoms with van der Waals surface area (Å²) in [6.45, 7) is 4.22. The lowest BCUT2D eigenvalue weighted by molar-refractivity contribution is -0.123. The van der Waals surface area contributed by atoms with Crippen molar-refractivity contribution in [2.45, 2.75) is 32.4 Å². The molecule has 4 nitrogen and oxygen atoms in total. The highest BCUT2D eigenvalue weighted by Crippen LogP contribution is 2.20. The zero-order chi connectivity index (χ0) is 16.1. The number of aliphatic hydroxyl groups excluding tert-OH is 1. The van der Waals surface area contributed by atoms with Crippen LogP contribution < -0.4 is 11.1 Å². The minimum atomic E-state index is -0.736. The summed E-state index contributed by atoms with van der Waals surface area (Å²) in [5.41, 5.74) is 6.61. The topological polar surface area (TPSA) is 75.4 Å². The summed E-state index contributed by atoms with van der Waals surface area (Å²) >= 11 is 0. The van der Waals surface area contributed by atoms with E-state index >= 15 is 0 Å². The standard InChI is InChI=1S/C18H24N2O2.ClH/c1-12(2)9-16(19)18(22)20-11-17(21)15-8-7-13-5-3-4-6-14(13)10-15;/h3-8,10,12,16-17,21H,9,11,19H2,1-2H3,(H,20,22);1H/t16-,17?;/m0./s1. The van der Waals surface area contributed by atoms with Crippen molar-refractivity contribution in [3.05, 3.63) is 48.0 Å². The van der Waals surface area contributed by atoms with Gasteiger partial charge in [0.1, 0.15) is 0 Å². The molecule has 0 bridgehead atoms. The Morgan fingerprint density at radius 3 is 2.48 bits per heavy atom. The normalized spacial score (nSPS) is 13.4. The van der Waals surface area contributed by atoms with Crippen LogP contribution in [0.4, 0.5) is 0 Å². The van der Waals surface area contributed by atoms with Gasteiger partial charge in [0.25, 0.3) is 0 Å². The molecule has 0 radical (unpaired) electrons. The summed E-state index contributed by atoms with van der Waals surface area (Å²) in [6, 6.07) is 13.2. The number of carbonyl (C=O) groups is 1. The Hall–Kier alpha value is -1.62. The van der Waals surface area contributed by atoms with Crippen molar-refractivity contribution < 1.29 is 9.90 Å². The van der Waals surface area contributed by atoms with Gasteiger partial charge in [-0.1, -0.05) is 50.2 Å². The number of carbonyl (C=O) groups excluding carboxylic acids is 1. The van der Waals surface area contributed by atoms with Gasteiger partial charge in [-0.25, -0.2) is 0 Å². The van der Waals surface area contributed by atoms with Gasteiger partial charge in [0, 0.05) is 6.54 Å². The van der Waals surface area contributed by atoms with Gasteiger partial charge in [-0.15, -0.1) is 12.4 Å². The van der Waals surface area contributed by atoms with E-state index in [0.717, 1.165) is 16.3 Å². The Morgan fingerprint density at radius 2 is 1.83 bits per heavy atom. The van der Waals surface area contributed by atoms with Gasteiger partial charge in [-0.05, 0) is 34.7 Å². The van der Waals surface area contributed by atoms with Gasteiger partial charge < -0.3 is 16.2 Å². The summed E-state index contributed by atoms with van der Waals surface area (Å²) in [5.74, 6) is 0.153. The number of rotatable bonds is 6. The Kier molecular flexibility index (Phi) is 7.49. The fourth-order valence-corrected chi connectivity index (χ4v) is 2.48. The van der Waals surface area contributed by atoms with Crippen molar-refractivity contribution in [2.75, 3.05) is 6.54 Å². The minimum absolute atomic E-state index is 0. The molecule has 126 valence electrons. The van der Waals surface area contributed by atoms with Crippen molar-refractivity contribution in [1.82, 2.24) is 5.32 Å². The molecule has 0 aromatic heterocycles.